The molecule has 0 spiro atoms. The molecule has 3 nitrogen and oxygen atoms in total. The average Bonchev–Trinajstić information content (AvgIpc) is 2.59. The van der Waals surface area contributed by atoms with Crippen molar-refractivity contribution in [1.29, 1.82) is 0 Å². The first-order valence-corrected chi connectivity index (χ1v) is 4.99. The van der Waals surface area contributed by atoms with Crippen molar-refractivity contribution in [3.8, 4) is 0 Å². The van der Waals surface area contributed by atoms with Crippen molar-refractivity contribution in [3.63, 3.8) is 0 Å². The zero-order chi connectivity index (χ0) is 9.54. The van der Waals surface area contributed by atoms with Crippen molar-refractivity contribution < 1.29 is 5.11 Å². The van der Waals surface area contributed by atoms with Crippen molar-refractivity contribution in [2.45, 2.75) is 25.5 Å². The Morgan fingerprint density at radius 2 is 2.21 bits per heavy atom. The first kappa shape index (κ1) is 8.00. The summed E-state index contributed by atoms with van der Waals surface area (Å²) in [6, 6.07) is 8.04. The van der Waals surface area contributed by atoms with E-state index in [1.54, 1.807) is 0 Å². The predicted molar refractivity (Wildman–Crippen MR) is 53.9 cm³/mol. The number of rotatable bonds is 0. The summed E-state index contributed by atoms with van der Waals surface area (Å²) in [5, 5.41) is 9.78. The van der Waals surface area contributed by atoms with E-state index in [4.69, 9.17) is 0 Å². The minimum absolute atomic E-state index is 0.379. The highest BCUT2D eigenvalue weighted by molar-refractivity contribution is 5.76. The fourth-order valence-electron chi connectivity index (χ4n) is 2.16. The second kappa shape index (κ2) is 2.82. The first-order chi connectivity index (χ1) is 6.86. The third-order valence-corrected chi connectivity index (χ3v) is 2.84. The smallest absolute Gasteiger partial charge is 0.138 e. The van der Waals surface area contributed by atoms with Gasteiger partial charge < -0.3 is 9.67 Å². The van der Waals surface area contributed by atoms with E-state index in [0.29, 0.717) is 0 Å². The molecule has 0 saturated heterocycles. The van der Waals surface area contributed by atoms with Gasteiger partial charge in [-0.25, -0.2) is 4.98 Å². The van der Waals surface area contributed by atoms with Gasteiger partial charge in [0.1, 0.15) is 11.9 Å². The molecule has 0 unspecified atom stereocenters. The van der Waals surface area contributed by atoms with E-state index in [1.165, 1.54) is 0 Å². The minimum atomic E-state index is -0.379. The zero-order valence-electron chi connectivity index (χ0n) is 7.85. The average molecular weight is 188 g/mol. The Balaban J connectivity index is 2.32. The molecule has 1 aromatic carbocycles. The molecule has 1 aliphatic heterocycles. The number of imidazole rings is 1. The fraction of sp³-hybridized carbons (Fsp3) is 0.364. The van der Waals surface area contributed by atoms with E-state index in [2.05, 4.69) is 15.6 Å². The van der Waals surface area contributed by atoms with Gasteiger partial charge in [-0.15, -0.1) is 0 Å². The maximum absolute atomic E-state index is 9.78. The highest BCUT2D eigenvalue weighted by atomic mass is 16.3. The van der Waals surface area contributed by atoms with Gasteiger partial charge in [0.2, 0.25) is 0 Å². The topological polar surface area (TPSA) is 38.0 Å². The maximum atomic E-state index is 9.78. The van der Waals surface area contributed by atoms with Crippen LogP contribution in [-0.2, 0) is 6.54 Å². The zero-order valence-corrected chi connectivity index (χ0v) is 7.85. The Hall–Kier alpha value is -1.35. The van der Waals surface area contributed by atoms with Crippen LogP contribution in [0, 0.1) is 0 Å². The van der Waals surface area contributed by atoms with Gasteiger partial charge in [0.25, 0.3) is 0 Å². The number of hydrogen-bond acceptors (Lipinski definition) is 2. The summed E-state index contributed by atoms with van der Waals surface area (Å²) < 4.78 is 2.13. The molecule has 1 atom stereocenters. The van der Waals surface area contributed by atoms with Gasteiger partial charge in [-0.1, -0.05) is 12.1 Å². The van der Waals surface area contributed by atoms with Gasteiger partial charge in [-0.3, -0.25) is 0 Å². The van der Waals surface area contributed by atoms with Crippen LogP contribution in [0.4, 0.5) is 0 Å². The van der Waals surface area contributed by atoms with Crippen LogP contribution in [0.25, 0.3) is 11.0 Å². The monoisotopic (exact) mass is 188 g/mol. The molecular weight excluding hydrogens is 176 g/mol. The van der Waals surface area contributed by atoms with Crippen LogP contribution in [0.2, 0.25) is 0 Å². The van der Waals surface area contributed by atoms with E-state index in [-0.39, 0.29) is 6.10 Å². The lowest BCUT2D eigenvalue weighted by molar-refractivity contribution is 0.135. The molecule has 0 saturated carbocycles. The SMILES string of the molecule is O[C@H]1CCCn2c1nc1ccccc12. The normalized spacial score (nSPS) is 21.1. The molecule has 3 rings (SSSR count). The van der Waals surface area contributed by atoms with Gasteiger partial charge in [-0.05, 0) is 25.0 Å². The summed E-state index contributed by atoms with van der Waals surface area (Å²) in [7, 11) is 0. The number of benzene rings is 1. The van der Waals surface area contributed by atoms with Crippen molar-refractivity contribution in [3.05, 3.63) is 30.1 Å². The second-order valence-electron chi connectivity index (χ2n) is 3.77. The number of aryl methyl sites for hydroxylation is 1. The highest BCUT2D eigenvalue weighted by Crippen LogP contribution is 2.28. The standard InChI is InChI=1S/C11H12N2O/c14-10-6-3-7-13-9-5-2-1-4-8(9)12-11(10)13/h1-2,4-5,10,14H,3,6-7H2/t10-/m0/s1. The van der Waals surface area contributed by atoms with E-state index < -0.39 is 0 Å². The number of para-hydroxylation sites is 2. The van der Waals surface area contributed by atoms with Crippen molar-refractivity contribution in [2.75, 3.05) is 0 Å². The maximum Gasteiger partial charge on any atom is 0.138 e. The third kappa shape index (κ3) is 0.990. The van der Waals surface area contributed by atoms with Gasteiger partial charge in [0, 0.05) is 6.54 Å². The highest BCUT2D eigenvalue weighted by Gasteiger charge is 2.21. The lowest BCUT2D eigenvalue weighted by Gasteiger charge is -2.19. The molecule has 2 heterocycles. The molecule has 0 bridgehead atoms. The second-order valence-corrected chi connectivity index (χ2v) is 3.77. The largest absolute Gasteiger partial charge is 0.385 e. The number of aliphatic hydroxyl groups excluding tert-OH is 1. The number of nitrogens with zero attached hydrogens (tertiary/aromatic N) is 2. The molecule has 3 heteroatoms. The molecule has 1 N–H and O–H groups in total. The fourth-order valence-corrected chi connectivity index (χ4v) is 2.16. The van der Waals surface area contributed by atoms with Crippen LogP contribution in [0.1, 0.15) is 24.8 Å². The molecular formula is C11H12N2O. The lowest BCUT2D eigenvalue weighted by atomic mass is 10.1. The summed E-state index contributed by atoms with van der Waals surface area (Å²) in [6.07, 6.45) is 1.49. The summed E-state index contributed by atoms with van der Waals surface area (Å²) in [5.41, 5.74) is 2.13. The van der Waals surface area contributed by atoms with Crippen LogP contribution in [0.3, 0.4) is 0 Å². The molecule has 1 aromatic heterocycles. The molecule has 14 heavy (non-hydrogen) atoms. The minimum Gasteiger partial charge on any atom is -0.385 e. The first-order valence-electron chi connectivity index (χ1n) is 4.99. The van der Waals surface area contributed by atoms with Crippen LogP contribution in [0.15, 0.2) is 24.3 Å². The Morgan fingerprint density at radius 3 is 3.14 bits per heavy atom. The van der Waals surface area contributed by atoms with Crippen LogP contribution >= 0.6 is 0 Å². The van der Waals surface area contributed by atoms with Gasteiger partial charge >= 0.3 is 0 Å². The molecule has 0 fully saturated rings. The number of aliphatic hydroxyl groups is 1. The lowest BCUT2D eigenvalue weighted by Crippen LogP contribution is -2.15. The molecule has 0 radical (unpaired) electrons. The molecule has 1 aliphatic rings. The van der Waals surface area contributed by atoms with Crippen LogP contribution in [-0.4, -0.2) is 14.7 Å². The van der Waals surface area contributed by atoms with Crippen molar-refractivity contribution in [1.82, 2.24) is 9.55 Å². The van der Waals surface area contributed by atoms with Crippen molar-refractivity contribution in [2.24, 2.45) is 0 Å². The predicted octanol–water partition coefficient (Wildman–Crippen LogP) is 1.86. The van der Waals surface area contributed by atoms with Gasteiger partial charge in [0.05, 0.1) is 11.0 Å². The Kier molecular flexibility index (Phi) is 1.61. The Morgan fingerprint density at radius 1 is 1.36 bits per heavy atom. The summed E-state index contributed by atoms with van der Waals surface area (Å²) in [5.74, 6) is 0.831. The van der Waals surface area contributed by atoms with Crippen molar-refractivity contribution >= 4 is 11.0 Å². The van der Waals surface area contributed by atoms with E-state index in [1.807, 2.05) is 18.2 Å². The number of hydrogen-bond donors (Lipinski definition) is 1. The molecule has 72 valence electrons. The van der Waals surface area contributed by atoms with Gasteiger partial charge in [-0.2, -0.15) is 0 Å². The molecule has 2 aromatic rings. The third-order valence-electron chi connectivity index (χ3n) is 2.84. The van der Waals surface area contributed by atoms with Crippen LogP contribution < -0.4 is 0 Å². The van der Waals surface area contributed by atoms with Gasteiger partial charge in [0.15, 0.2) is 0 Å². The Labute approximate surface area is 82.0 Å². The van der Waals surface area contributed by atoms with E-state index in [9.17, 15) is 5.11 Å². The quantitative estimate of drug-likeness (QED) is 0.685. The molecule has 0 aliphatic carbocycles. The Bertz CT molecular complexity index is 475. The number of fused-ring (bicyclic) bond motifs is 3. The number of aromatic nitrogens is 2. The summed E-state index contributed by atoms with van der Waals surface area (Å²) in [4.78, 5) is 4.45. The summed E-state index contributed by atoms with van der Waals surface area (Å²) in [6.45, 7) is 0.979. The van der Waals surface area contributed by atoms with E-state index >= 15 is 0 Å². The van der Waals surface area contributed by atoms with Crippen LogP contribution in [0.5, 0.6) is 0 Å². The summed E-state index contributed by atoms with van der Waals surface area (Å²) >= 11 is 0. The molecule has 0 amide bonds. The van der Waals surface area contributed by atoms with E-state index in [0.717, 1.165) is 36.2 Å².